The van der Waals surface area contributed by atoms with E-state index < -0.39 is 5.92 Å². The van der Waals surface area contributed by atoms with Gasteiger partial charge in [0, 0.05) is 0 Å². The predicted octanol–water partition coefficient (Wildman–Crippen LogP) is 1.86. The number of rotatable bonds is 2. The third-order valence-electron chi connectivity index (χ3n) is 1.37. The Morgan fingerprint density at radius 1 is 1.30 bits per heavy atom. The van der Waals surface area contributed by atoms with Gasteiger partial charge in [-0.3, -0.25) is 0 Å². The molecule has 0 aliphatic heterocycles. The van der Waals surface area contributed by atoms with Crippen molar-refractivity contribution in [2.24, 2.45) is 11.8 Å². The summed E-state index contributed by atoms with van der Waals surface area (Å²) in [5, 5.41) is 16.8. The fraction of sp³-hybridized carbons (Fsp3) is 0.500. The van der Waals surface area contributed by atoms with Crippen molar-refractivity contribution in [2.45, 2.75) is 13.8 Å². The molecule has 10 heavy (non-hydrogen) atoms. The fourth-order valence-electron chi connectivity index (χ4n) is 0.528. The van der Waals surface area contributed by atoms with Crippen molar-refractivity contribution in [2.75, 3.05) is 0 Å². The molecule has 0 amide bonds. The van der Waals surface area contributed by atoms with Gasteiger partial charge in [-0.15, -0.1) is 0 Å². The molecule has 0 aromatic rings. The number of hydrogen-bond donors (Lipinski definition) is 0. The van der Waals surface area contributed by atoms with Crippen molar-refractivity contribution >= 4 is 0 Å². The van der Waals surface area contributed by atoms with E-state index in [4.69, 9.17) is 10.5 Å². The molecule has 0 N–H and O–H groups in total. The third-order valence-corrected chi connectivity index (χ3v) is 1.37. The first-order chi connectivity index (χ1) is 4.63. The molecule has 2 heteroatoms. The molecule has 0 aliphatic carbocycles. The van der Waals surface area contributed by atoms with Gasteiger partial charge in [-0.1, -0.05) is 20.4 Å². The molecule has 0 aliphatic rings. The molecular weight excluding hydrogens is 124 g/mol. The van der Waals surface area contributed by atoms with E-state index >= 15 is 0 Å². The molecule has 0 rings (SSSR count). The van der Waals surface area contributed by atoms with Crippen LogP contribution in [0.2, 0.25) is 0 Å². The smallest absolute Gasteiger partial charge is 0.154 e. The summed E-state index contributed by atoms with van der Waals surface area (Å²) in [6.07, 6.45) is 0. The maximum absolute atomic E-state index is 8.41. The van der Waals surface area contributed by atoms with E-state index in [2.05, 4.69) is 6.58 Å². The number of nitriles is 2. The van der Waals surface area contributed by atoms with Gasteiger partial charge in [0.2, 0.25) is 0 Å². The van der Waals surface area contributed by atoms with Crippen LogP contribution in [-0.4, -0.2) is 0 Å². The molecule has 0 bridgehead atoms. The second kappa shape index (κ2) is 3.69. The molecule has 0 aromatic heterocycles. The molecule has 52 valence electrons. The minimum atomic E-state index is -0.639. The van der Waals surface area contributed by atoms with Gasteiger partial charge in [-0.05, 0) is 11.5 Å². The quantitative estimate of drug-likeness (QED) is 0.541. The molecular formula is C8H10N2. The van der Waals surface area contributed by atoms with Crippen LogP contribution in [0.1, 0.15) is 13.8 Å². The molecule has 0 radical (unpaired) electrons. The van der Waals surface area contributed by atoms with Crippen molar-refractivity contribution in [3.63, 3.8) is 0 Å². The number of allylic oxidation sites excluding steroid dienone is 1. The molecule has 0 saturated heterocycles. The summed E-state index contributed by atoms with van der Waals surface area (Å²) < 4.78 is 0. The monoisotopic (exact) mass is 134 g/mol. The number of nitrogens with zero attached hydrogens (tertiary/aromatic N) is 2. The minimum absolute atomic E-state index is 0.212. The van der Waals surface area contributed by atoms with Crippen LogP contribution in [0.5, 0.6) is 0 Å². The highest BCUT2D eigenvalue weighted by Gasteiger charge is 2.12. The van der Waals surface area contributed by atoms with E-state index in [1.54, 1.807) is 0 Å². The van der Waals surface area contributed by atoms with Gasteiger partial charge in [-0.2, -0.15) is 10.5 Å². The average molecular weight is 134 g/mol. The molecule has 0 aromatic carbocycles. The van der Waals surface area contributed by atoms with E-state index in [-0.39, 0.29) is 5.92 Å². The molecule has 0 heterocycles. The normalized spacial score (nSPS) is 9.00. The average Bonchev–Trinajstić information content (AvgIpc) is 1.90. The zero-order valence-corrected chi connectivity index (χ0v) is 6.26. The van der Waals surface area contributed by atoms with Gasteiger partial charge in [0.05, 0.1) is 12.1 Å². The highest BCUT2D eigenvalue weighted by Crippen LogP contribution is 2.15. The van der Waals surface area contributed by atoms with Crippen molar-refractivity contribution in [3.05, 3.63) is 12.2 Å². The largest absolute Gasteiger partial charge is 0.197 e. The van der Waals surface area contributed by atoms with E-state index in [0.29, 0.717) is 5.57 Å². The van der Waals surface area contributed by atoms with Crippen molar-refractivity contribution in [1.29, 1.82) is 10.5 Å². The Hall–Kier alpha value is -1.28. The Kier molecular flexibility index (Phi) is 3.22. The van der Waals surface area contributed by atoms with Crippen LogP contribution in [0.4, 0.5) is 0 Å². The number of hydrogen-bond acceptors (Lipinski definition) is 2. The van der Waals surface area contributed by atoms with Crippen molar-refractivity contribution in [3.8, 4) is 12.1 Å². The first kappa shape index (κ1) is 8.72. The van der Waals surface area contributed by atoms with E-state index in [0.717, 1.165) is 0 Å². The second-order valence-electron chi connectivity index (χ2n) is 2.42. The van der Waals surface area contributed by atoms with Gasteiger partial charge in [-0.25, -0.2) is 0 Å². The lowest BCUT2D eigenvalue weighted by Crippen LogP contribution is -2.03. The maximum Gasteiger partial charge on any atom is 0.154 e. The molecule has 0 fully saturated rings. The third kappa shape index (κ3) is 1.91. The zero-order valence-electron chi connectivity index (χ0n) is 6.26. The Bertz CT molecular complexity index is 188. The van der Waals surface area contributed by atoms with Crippen LogP contribution in [-0.2, 0) is 0 Å². The lowest BCUT2D eigenvalue weighted by molar-refractivity contribution is 0.711. The van der Waals surface area contributed by atoms with E-state index in [1.165, 1.54) is 0 Å². The Morgan fingerprint density at radius 3 is 1.80 bits per heavy atom. The predicted molar refractivity (Wildman–Crippen MR) is 38.7 cm³/mol. The van der Waals surface area contributed by atoms with E-state index in [9.17, 15) is 0 Å². The zero-order chi connectivity index (χ0) is 8.15. The molecule has 2 nitrogen and oxygen atoms in total. The van der Waals surface area contributed by atoms with Crippen LogP contribution in [0.15, 0.2) is 12.2 Å². The summed E-state index contributed by atoms with van der Waals surface area (Å²) in [7, 11) is 0. The Balaban J connectivity index is 4.24. The molecule has 0 atom stereocenters. The minimum Gasteiger partial charge on any atom is -0.197 e. The van der Waals surface area contributed by atoms with Gasteiger partial charge < -0.3 is 0 Å². The highest BCUT2D eigenvalue weighted by atomic mass is 14.3. The van der Waals surface area contributed by atoms with E-state index in [1.807, 2.05) is 26.0 Å². The van der Waals surface area contributed by atoms with Gasteiger partial charge >= 0.3 is 0 Å². The van der Waals surface area contributed by atoms with Crippen LogP contribution >= 0.6 is 0 Å². The first-order valence-electron chi connectivity index (χ1n) is 3.11. The highest BCUT2D eigenvalue weighted by molar-refractivity contribution is 5.20. The second-order valence-corrected chi connectivity index (χ2v) is 2.42. The van der Waals surface area contributed by atoms with Crippen LogP contribution in [0.25, 0.3) is 0 Å². The van der Waals surface area contributed by atoms with Crippen LogP contribution < -0.4 is 0 Å². The van der Waals surface area contributed by atoms with Crippen molar-refractivity contribution in [1.82, 2.24) is 0 Å². The standard InChI is InChI=1S/C8H10N2/c1-6(2)7(3)8(4-9)5-10/h6,8H,3H2,1-2H3. The lowest BCUT2D eigenvalue weighted by Gasteiger charge is -2.07. The van der Waals surface area contributed by atoms with Crippen LogP contribution in [0.3, 0.4) is 0 Å². The fourth-order valence-corrected chi connectivity index (χ4v) is 0.528. The van der Waals surface area contributed by atoms with Gasteiger partial charge in [0.1, 0.15) is 0 Å². The molecule has 0 saturated carbocycles. The Labute approximate surface area is 61.4 Å². The van der Waals surface area contributed by atoms with Crippen LogP contribution in [0, 0.1) is 34.5 Å². The Morgan fingerprint density at radius 2 is 1.70 bits per heavy atom. The SMILES string of the molecule is C=C(C(C)C)C(C#N)C#N. The summed E-state index contributed by atoms with van der Waals surface area (Å²) >= 11 is 0. The summed E-state index contributed by atoms with van der Waals surface area (Å²) in [6.45, 7) is 7.49. The molecule has 0 unspecified atom stereocenters. The molecule has 0 spiro atoms. The lowest BCUT2D eigenvalue weighted by atomic mass is 9.94. The van der Waals surface area contributed by atoms with Gasteiger partial charge in [0.25, 0.3) is 0 Å². The first-order valence-corrected chi connectivity index (χ1v) is 3.11. The van der Waals surface area contributed by atoms with Crippen molar-refractivity contribution < 1.29 is 0 Å². The summed E-state index contributed by atoms with van der Waals surface area (Å²) in [5.74, 6) is -0.427. The summed E-state index contributed by atoms with van der Waals surface area (Å²) in [6, 6.07) is 3.74. The maximum atomic E-state index is 8.41. The summed E-state index contributed by atoms with van der Waals surface area (Å²) in [4.78, 5) is 0. The summed E-state index contributed by atoms with van der Waals surface area (Å²) in [5.41, 5.74) is 0.699. The topological polar surface area (TPSA) is 47.6 Å². The van der Waals surface area contributed by atoms with Gasteiger partial charge in [0.15, 0.2) is 5.92 Å².